The number of anilines is 1. The van der Waals surface area contributed by atoms with E-state index in [1.165, 1.54) is 17.6 Å². The van der Waals surface area contributed by atoms with Gasteiger partial charge in [0.15, 0.2) is 11.5 Å². The second-order valence-corrected chi connectivity index (χ2v) is 10.8. The Balaban J connectivity index is 1.18. The van der Waals surface area contributed by atoms with E-state index in [0.29, 0.717) is 65.6 Å². The number of methoxy groups -OCH3 is 2. The quantitative estimate of drug-likeness (QED) is 0.273. The lowest BCUT2D eigenvalue weighted by Crippen LogP contribution is -2.49. The summed E-state index contributed by atoms with van der Waals surface area (Å²) < 4.78 is 10.9. The van der Waals surface area contributed by atoms with Crippen molar-refractivity contribution in [3.8, 4) is 22.6 Å². The standard InChI is InChI=1S/C35H33N3O5/c1-23-8-4-9-24(20-23)25-10-5-11-26(21-25)33(39)37-18-16-36(17-19-37)29-14-7-13-28-31(29)35(41)38(34(28)40)22-27-12-6-15-30(42-2)32(27)43-3/h4-15,20-21H,16-19,22H2,1-3H3. The highest BCUT2D eigenvalue weighted by atomic mass is 16.5. The molecule has 0 bridgehead atoms. The van der Waals surface area contributed by atoms with Crippen LogP contribution in [0, 0.1) is 6.92 Å². The molecule has 2 heterocycles. The minimum absolute atomic E-state index is 0.0166. The number of imide groups is 1. The van der Waals surface area contributed by atoms with Gasteiger partial charge in [0, 0.05) is 37.3 Å². The molecule has 43 heavy (non-hydrogen) atoms. The number of amides is 3. The second kappa shape index (κ2) is 11.6. The lowest BCUT2D eigenvalue weighted by molar-refractivity contribution is 0.0639. The maximum atomic E-state index is 13.7. The van der Waals surface area contributed by atoms with Gasteiger partial charge in [0.25, 0.3) is 17.7 Å². The topological polar surface area (TPSA) is 79.4 Å². The Labute approximate surface area is 251 Å². The molecule has 0 aromatic heterocycles. The maximum absolute atomic E-state index is 13.7. The summed E-state index contributed by atoms with van der Waals surface area (Å²) in [4.78, 5) is 45.8. The summed E-state index contributed by atoms with van der Waals surface area (Å²) >= 11 is 0. The number of rotatable bonds is 7. The lowest BCUT2D eigenvalue weighted by atomic mass is 10.0. The molecule has 0 aliphatic carbocycles. The molecule has 0 unspecified atom stereocenters. The number of aryl methyl sites for hydroxylation is 1. The predicted molar refractivity (Wildman–Crippen MR) is 165 cm³/mol. The molecule has 0 spiro atoms. The van der Waals surface area contributed by atoms with Gasteiger partial charge in [-0.1, -0.05) is 60.2 Å². The zero-order valence-electron chi connectivity index (χ0n) is 24.5. The van der Waals surface area contributed by atoms with Gasteiger partial charge >= 0.3 is 0 Å². The van der Waals surface area contributed by atoms with E-state index in [0.717, 1.165) is 11.1 Å². The Hall–Kier alpha value is -5.11. The average Bonchev–Trinajstić information content (AvgIpc) is 3.29. The van der Waals surface area contributed by atoms with Crippen molar-refractivity contribution >= 4 is 23.4 Å². The van der Waals surface area contributed by atoms with E-state index < -0.39 is 0 Å². The molecular formula is C35H33N3O5. The minimum Gasteiger partial charge on any atom is -0.493 e. The fourth-order valence-electron chi connectivity index (χ4n) is 5.96. The van der Waals surface area contributed by atoms with Gasteiger partial charge < -0.3 is 19.3 Å². The van der Waals surface area contributed by atoms with Crippen molar-refractivity contribution in [3.05, 3.63) is 113 Å². The number of fused-ring (bicyclic) bond motifs is 1. The number of hydrogen-bond donors (Lipinski definition) is 0. The van der Waals surface area contributed by atoms with Crippen LogP contribution in [-0.4, -0.2) is 67.9 Å². The average molecular weight is 576 g/mol. The molecular weight excluding hydrogens is 542 g/mol. The first-order valence-electron chi connectivity index (χ1n) is 14.3. The third kappa shape index (κ3) is 5.20. The van der Waals surface area contributed by atoms with Crippen molar-refractivity contribution in [2.45, 2.75) is 13.5 Å². The highest BCUT2D eigenvalue weighted by Crippen LogP contribution is 2.36. The van der Waals surface area contributed by atoms with Crippen LogP contribution in [0.5, 0.6) is 11.5 Å². The van der Waals surface area contributed by atoms with E-state index in [4.69, 9.17) is 9.47 Å². The van der Waals surface area contributed by atoms with Crippen LogP contribution in [0.25, 0.3) is 11.1 Å². The van der Waals surface area contributed by atoms with Gasteiger partial charge in [-0.3, -0.25) is 19.3 Å². The van der Waals surface area contributed by atoms with E-state index in [1.807, 2.05) is 59.5 Å². The summed E-state index contributed by atoms with van der Waals surface area (Å²) in [5, 5.41) is 0. The highest BCUT2D eigenvalue weighted by molar-refractivity contribution is 6.23. The second-order valence-electron chi connectivity index (χ2n) is 10.8. The highest BCUT2D eigenvalue weighted by Gasteiger charge is 2.39. The molecule has 1 saturated heterocycles. The molecule has 0 N–H and O–H groups in total. The molecule has 0 radical (unpaired) electrons. The Morgan fingerprint density at radius 2 is 1.47 bits per heavy atom. The Morgan fingerprint density at radius 1 is 0.767 bits per heavy atom. The van der Waals surface area contributed by atoms with Gasteiger partial charge in [-0.2, -0.15) is 0 Å². The van der Waals surface area contributed by atoms with Gasteiger partial charge in [0.05, 0.1) is 37.6 Å². The van der Waals surface area contributed by atoms with E-state index in [1.54, 1.807) is 25.3 Å². The van der Waals surface area contributed by atoms with Crippen LogP contribution < -0.4 is 14.4 Å². The smallest absolute Gasteiger partial charge is 0.263 e. The van der Waals surface area contributed by atoms with Crippen molar-refractivity contribution in [2.75, 3.05) is 45.3 Å². The number of ether oxygens (including phenoxy) is 2. The van der Waals surface area contributed by atoms with Crippen molar-refractivity contribution in [1.29, 1.82) is 0 Å². The number of hydrogen-bond acceptors (Lipinski definition) is 6. The van der Waals surface area contributed by atoms with E-state index in [-0.39, 0.29) is 24.3 Å². The SMILES string of the molecule is COc1cccc(CN2C(=O)c3cccc(N4CCN(C(=O)c5cccc(-c6cccc(C)c6)c5)CC4)c3C2=O)c1OC. The zero-order chi connectivity index (χ0) is 30.1. The van der Waals surface area contributed by atoms with Crippen molar-refractivity contribution in [3.63, 3.8) is 0 Å². The largest absolute Gasteiger partial charge is 0.493 e. The van der Waals surface area contributed by atoms with Gasteiger partial charge in [0.2, 0.25) is 0 Å². The third-order valence-corrected chi connectivity index (χ3v) is 8.16. The molecule has 4 aromatic carbocycles. The van der Waals surface area contributed by atoms with Crippen LogP contribution in [0.2, 0.25) is 0 Å². The van der Waals surface area contributed by atoms with Crippen LogP contribution in [-0.2, 0) is 6.54 Å². The first-order chi connectivity index (χ1) is 20.9. The van der Waals surface area contributed by atoms with Crippen LogP contribution in [0.4, 0.5) is 5.69 Å². The van der Waals surface area contributed by atoms with Crippen molar-refractivity contribution < 1.29 is 23.9 Å². The van der Waals surface area contributed by atoms with Crippen molar-refractivity contribution in [2.24, 2.45) is 0 Å². The first kappa shape index (κ1) is 28.0. The molecule has 3 amide bonds. The van der Waals surface area contributed by atoms with Gasteiger partial charge in [-0.15, -0.1) is 0 Å². The normalized spacial score (nSPS) is 14.6. The molecule has 8 nitrogen and oxygen atoms in total. The fourth-order valence-corrected chi connectivity index (χ4v) is 5.96. The molecule has 2 aliphatic rings. The summed E-state index contributed by atoms with van der Waals surface area (Å²) in [5.41, 5.74) is 6.08. The Kier molecular flexibility index (Phi) is 7.59. The summed E-state index contributed by atoms with van der Waals surface area (Å²) in [7, 11) is 3.08. The van der Waals surface area contributed by atoms with E-state index in [9.17, 15) is 14.4 Å². The fraction of sp³-hybridized carbons (Fsp3) is 0.229. The van der Waals surface area contributed by atoms with Crippen LogP contribution >= 0.6 is 0 Å². The summed E-state index contributed by atoms with van der Waals surface area (Å²) in [6.45, 7) is 4.22. The van der Waals surface area contributed by atoms with E-state index >= 15 is 0 Å². The number of carbonyl (C=O) groups excluding carboxylic acids is 3. The molecule has 6 rings (SSSR count). The molecule has 4 aromatic rings. The number of benzene rings is 4. The summed E-state index contributed by atoms with van der Waals surface area (Å²) in [6.07, 6.45) is 0. The van der Waals surface area contributed by atoms with Gasteiger partial charge in [-0.25, -0.2) is 0 Å². The first-order valence-corrected chi connectivity index (χ1v) is 14.3. The third-order valence-electron chi connectivity index (χ3n) is 8.16. The zero-order valence-corrected chi connectivity index (χ0v) is 24.5. The van der Waals surface area contributed by atoms with Crippen LogP contribution in [0.3, 0.4) is 0 Å². The number of piperazine rings is 1. The summed E-state index contributed by atoms with van der Waals surface area (Å²) in [5.74, 6) is 0.330. The Morgan fingerprint density at radius 3 is 2.19 bits per heavy atom. The van der Waals surface area contributed by atoms with Crippen LogP contribution in [0.15, 0.2) is 84.9 Å². The predicted octanol–water partition coefficient (Wildman–Crippen LogP) is 5.44. The molecule has 0 saturated carbocycles. The monoisotopic (exact) mass is 575 g/mol. The number of nitrogens with zero attached hydrogens (tertiary/aromatic N) is 3. The summed E-state index contributed by atoms with van der Waals surface area (Å²) in [6, 6.07) is 26.8. The number of para-hydroxylation sites is 1. The van der Waals surface area contributed by atoms with Gasteiger partial charge in [-0.05, 0) is 48.4 Å². The maximum Gasteiger partial charge on any atom is 0.263 e. The molecule has 0 atom stereocenters. The lowest BCUT2D eigenvalue weighted by Gasteiger charge is -2.36. The van der Waals surface area contributed by atoms with Crippen molar-refractivity contribution in [1.82, 2.24) is 9.80 Å². The van der Waals surface area contributed by atoms with E-state index in [2.05, 4.69) is 24.0 Å². The molecule has 218 valence electrons. The van der Waals surface area contributed by atoms with Crippen LogP contribution in [0.1, 0.15) is 42.2 Å². The molecule has 2 aliphatic heterocycles. The molecule has 8 heteroatoms. The Bertz CT molecular complexity index is 1720. The minimum atomic E-state index is -0.341. The number of carbonyl (C=O) groups is 3. The molecule has 1 fully saturated rings. The van der Waals surface area contributed by atoms with Gasteiger partial charge in [0.1, 0.15) is 0 Å².